The number of anilines is 1. The Kier molecular flexibility index (Phi) is 4.20. The van der Waals surface area contributed by atoms with E-state index >= 15 is 0 Å². The summed E-state index contributed by atoms with van der Waals surface area (Å²) in [5.74, 6) is 0.433. The predicted molar refractivity (Wildman–Crippen MR) is 87.7 cm³/mol. The Balaban J connectivity index is 1.79. The molecule has 0 bridgehead atoms. The van der Waals surface area contributed by atoms with Gasteiger partial charge in [-0.15, -0.1) is 11.3 Å². The van der Waals surface area contributed by atoms with Crippen molar-refractivity contribution in [3.8, 4) is 0 Å². The lowest BCUT2D eigenvalue weighted by Crippen LogP contribution is -2.12. The number of fused-ring (bicyclic) bond motifs is 1. The highest BCUT2D eigenvalue weighted by atomic mass is 35.5. The molecule has 0 fully saturated rings. The molecule has 0 saturated carbocycles. The van der Waals surface area contributed by atoms with Gasteiger partial charge < -0.3 is 0 Å². The number of nitrogens with zero attached hydrogens (tertiary/aromatic N) is 1. The number of hydrogen-bond acceptors (Lipinski definition) is 3. The molecule has 0 unspecified atom stereocenters. The molecule has 1 aromatic carbocycles. The zero-order valence-electron chi connectivity index (χ0n) is 11.5. The van der Waals surface area contributed by atoms with Gasteiger partial charge in [0.15, 0.2) is 5.13 Å². The van der Waals surface area contributed by atoms with Crippen molar-refractivity contribution >= 4 is 45.6 Å². The number of carbonyl (C=O) groups excluding carboxylic acids is 1. The fraction of sp³-hybridized carbons (Fsp3) is 0.333. The first-order chi connectivity index (χ1) is 10.0. The van der Waals surface area contributed by atoms with E-state index in [2.05, 4.69) is 17.2 Å². The molecule has 1 heterocycles. The third kappa shape index (κ3) is 3.23. The molecule has 0 radical (unpaired) electrons. The zero-order chi connectivity index (χ0) is 15.0. The smallest absolute Gasteiger partial charge is 0.258 e. The second kappa shape index (κ2) is 5.95. The second-order valence-electron chi connectivity index (χ2n) is 5.32. The van der Waals surface area contributed by atoms with Gasteiger partial charge >= 0.3 is 0 Å². The molecule has 0 spiro atoms. The third-order valence-corrected chi connectivity index (χ3v) is 5.17. The van der Waals surface area contributed by atoms with Gasteiger partial charge in [0, 0.05) is 9.90 Å². The van der Waals surface area contributed by atoms with Crippen LogP contribution in [0.25, 0.3) is 0 Å². The van der Waals surface area contributed by atoms with Crippen molar-refractivity contribution in [1.82, 2.24) is 4.98 Å². The fourth-order valence-corrected chi connectivity index (χ4v) is 4.09. The van der Waals surface area contributed by atoms with Crippen LogP contribution in [0, 0.1) is 5.92 Å². The van der Waals surface area contributed by atoms with Crippen molar-refractivity contribution in [1.29, 1.82) is 0 Å². The normalized spacial score (nSPS) is 17.4. The summed E-state index contributed by atoms with van der Waals surface area (Å²) in [6.07, 6.45) is 3.20. The topological polar surface area (TPSA) is 42.0 Å². The van der Waals surface area contributed by atoms with Crippen LogP contribution in [0.3, 0.4) is 0 Å². The van der Waals surface area contributed by atoms with Crippen LogP contribution >= 0.6 is 34.5 Å². The molecule has 1 aliphatic carbocycles. The lowest BCUT2D eigenvalue weighted by atomic mass is 9.93. The Morgan fingerprint density at radius 2 is 2.24 bits per heavy atom. The number of benzene rings is 1. The minimum Gasteiger partial charge on any atom is -0.298 e. The third-order valence-electron chi connectivity index (χ3n) is 3.58. The molecule has 1 atom stereocenters. The van der Waals surface area contributed by atoms with Crippen LogP contribution in [-0.4, -0.2) is 10.9 Å². The van der Waals surface area contributed by atoms with E-state index in [4.69, 9.17) is 23.2 Å². The molecule has 21 heavy (non-hydrogen) atoms. The molecule has 1 aromatic heterocycles. The maximum absolute atomic E-state index is 12.3. The summed E-state index contributed by atoms with van der Waals surface area (Å²) in [4.78, 5) is 18.1. The summed E-state index contributed by atoms with van der Waals surface area (Å²) < 4.78 is 0. The first-order valence-electron chi connectivity index (χ1n) is 6.78. The fourth-order valence-electron chi connectivity index (χ4n) is 2.43. The minimum absolute atomic E-state index is 0.254. The van der Waals surface area contributed by atoms with Gasteiger partial charge in [0.05, 0.1) is 16.3 Å². The highest BCUT2D eigenvalue weighted by Gasteiger charge is 2.21. The number of amides is 1. The van der Waals surface area contributed by atoms with Gasteiger partial charge in [-0.2, -0.15) is 0 Å². The first-order valence-corrected chi connectivity index (χ1v) is 8.35. The molecule has 1 amide bonds. The SMILES string of the molecule is C[C@@H]1CCc2nc(NC(=O)c3ccc(Cl)cc3Cl)sc2C1. The summed E-state index contributed by atoms with van der Waals surface area (Å²) in [5, 5.41) is 4.33. The molecule has 1 aliphatic rings. The molecule has 0 aliphatic heterocycles. The molecule has 110 valence electrons. The van der Waals surface area contributed by atoms with Gasteiger partial charge in [0.2, 0.25) is 0 Å². The minimum atomic E-state index is -0.254. The molecule has 0 saturated heterocycles. The van der Waals surface area contributed by atoms with Crippen molar-refractivity contribution in [2.24, 2.45) is 5.92 Å². The number of aryl methyl sites for hydroxylation is 1. The van der Waals surface area contributed by atoms with E-state index in [9.17, 15) is 4.79 Å². The van der Waals surface area contributed by atoms with Crippen molar-refractivity contribution < 1.29 is 4.79 Å². The van der Waals surface area contributed by atoms with Gasteiger partial charge in [0.25, 0.3) is 5.91 Å². The molecular formula is C15H14Cl2N2OS. The van der Waals surface area contributed by atoms with Crippen LogP contribution in [0.4, 0.5) is 5.13 Å². The lowest BCUT2D eigenvalue weighted by molar-refractivity contribution is 0.102. The van der Waals surface area contributed by atoms with E-state index in [-0.39, 0.29) is 5.91 Å². The summed E-state index contributed by atoms with van der Waals surface area (Å²) in [6.45, 7) is 2.24. The van der Waals surface area contributed by atoms with Crippen molar-refractivity contribution in [3.05, 3.63) is 44.4 Å². The molecular weight excluding hydrogens is 327 g/mol. The number of aromatic nitrogens is 1. The van der Waals surface area contributed by atoms with Gasteiger partial charge in [0.1, 0.15) is 0 Å². The van der Waals surface area contributed by atoms with Crippen molar-refractivity contribution in [2.75, 3.05) is 5.32 Å². The van der Waals surface area contributed by atoms with Crippen LogP contribution in [0.5, 0.6) is 0 Å². The first kappa shape index (κ1) is 14.8. The van der Waals surface area contributed by atoms with Crippen LogP contribution in [-0.2, 0) is 12.8 Å². The molecule has 1 N–H and O–H groups in total. The van der Waals surface area contributed by atoms with Crippen molar-refractivity contribution in [2.45, 2.75) is 26.2 Å². The van der Waals surface area contributed by atoms with E-state index < -0.39 is 0 Å². The molecule has 3 nitrogen and oxygen atoms in total. The van der Waals surface area contributed by atoms with E-state index in [1.54, 1.807) is 29.5 Å². The van der Waals surface area contributed by atoms with E-state index in [0.29, 0.717) is 26.7 Å². The average molecular weight is 341 g/mol. The monoisotopic (exact) mass is 340 g/mol. The largest absolute Gasteiger partial charge is 0.298 e. The number of thiazole rings is 1. The second-order valence-corrected chi connectivity index (χ2v) is 7.24. The summed E-state index contributed by atoms with van der Waals surface area (Å²) in [6, 6.07) is 4.83. The lowest BCUT2D eigenvalue weighted by Gasteiger charge is -2.15. The van der Waals surface area contributed by atoms with E-state index in [0.717, 1.165) is 25.0 Å². The molecule has 2 aromatic rings. The Morgan fingerprint density at radius 3 is 3.00 bits per heavy atom. The highest BCUT2D eigenvalue weighted by Crippen LogP contribution is 2.32. The van der Waals surface area contributed by atoms with Crippen LogP contribution in [0.15, 0.2) is 18.2 Å². The summed E-state index contributed by atoms with van der Waals surface area (Å²) in [5.41, 5.74) is 1.53. The van der Waals surface area contributed by atoms with E-state index in [1.807, 2.05) is 0 Å². The number of nitrogens with one attached hydrogen (secondary N) is 1. The molecule has 6 heteroatoms. The predicted octanol–water partition coefficient (Wildman–Crippen LogP) is 4.83. The average Bonchev–Trinajstić information content (AvgIpc) is 2.79. The number of rotatable bonds is 2. The van der Waals surface area contributed by atoms with Gasteiger partial charge in [-0.05, 0) is 43.4 Å². The summed E-state index contributed by atoms with van der Waals surface area (Å²) >= 11 is 13.4. The number of hydrogen-bond donors (Lipinski definition) is 1. The number of halogens is 2. The standard InChI is InChI=1S/C15H14Cl2N2OS/c1-8-2-5-12-13(6-8)21-15(18-12)19-14(20)10-4-3-9(16)7-11(10)17/h3-4,7-8H,2,5-6H2,1H3,(H,18,19,20)/t8-/m1/s1. The Hall–Kier alpha value is -1.10. The zero-order valence-corrected chi connectivity index (χ0v) is 13.8. The van der Waals surface area contributed by atoms with Crippen LogP contribution in [0.2, 0.25) is 10.0 Å². The summed E-state index contributed by atoms with van der Waals surface area (Å²) in [7, 11) is 0. The number of carbonyl (C=O) groups is 1. The van der Waals surface area contributed by atoms with Crippen LogP contribution in [0.1, 0.15) is 34.3 Å². The molecule has 3 rings (SSSR count). The van der Waals surface area contributed by atoms with Crippen LogP contribution < -0.4 is 5.32 Å². The quantitative estimate of drug-likeness (QED) is 0.850. The maximum atomic E-state index is 12.3. The van der Waals surface area contributed by atoms with E-state index in [1.165, 1.54) is 4.88 Å². The van der Waals surface area contributed by atoms with Gasteiger partial charge in [-0.1, -0.05) is 30.1 Å². The Bertz CT molecular complexity index is 699. The Morgan fingerprint density at radius 1 is 1.43 bits per heavy atom. The Labute approximate surface area is 137 Å². The van der Waals surface area contributed by atoms with Gasteiger partial charge in [-0.3, -0.25) is 10.1 Å². The van der Waals surface area contributed by atoms with Crippen molar-refractivity contribution in [3.63, 3.8) is 0 Å². The van der Waals surface area contributed by atoms with Gasteiger partial charge in [-0.25, -0.2) is 4.98 Å². The maximum Gasteiger partial charge on any atom is 0.258 e. The highest BCUT2D eigenvalue weighted by molar-refractivity contribution is 7.15.